The number of benzene rings is 1. The molecule has 0 heterocycles. The van der Waals surface area contributed by atoms with E-state index in [1.165, 1.54) is 24.0 Å². The molecule has 0 saturated heterocycles. The topological polar surface area (TPSA) is 57.5 Å². The van der Waals surface area contributed by atoms with E-state index in [0.717, 1.165) is 24.8 Å². The number of aryl methyl sites for hydroxylation is 1. The summed E-state index contributed by atoms with van der Waals surface area (Å²) in [6, 6.07) is 1.99. The van der Waals surface area contributed by atoms with Crippen molar-refractivity contribution >= 4 is 21.9 Å². The molecule has 0 atom stereocenters. The summed E-state index contributed by atoms with van der Waals surface area (Å²) in [4.78, 5) is 10.7. The molecule has 0 aromatic heterocycles. The SMILES string of the molecule is O=C(O)CCc1c(O)c(Br)cc2c1CCCCC2. The molecule has 18 heavy (non-hydrogen) atoms. The van der Waals surface area contributed by atoms with Gasteiger partial charge in [-0.05, 0) is 70.8 Å². The van der Waals surface area contributed by atoms with Crippen LogP contribution in [-0.4, -0.2) is 16.2 Å². The van der Waals surface area contributed by atoms with Gasteiger partial charge >= 0.3 is 5.97 Å². The van der Waals surface area contributed by atoms with Gasteiger partial charge in [0.25, 0.3) is 0 Å². The number of halogens is 1. The number of hydrogen-bond donors (Lipinski definition) is 2. The zero-order chi connectivity index (χ0) is 13.1. The van der Waals surface area contributed by atoms with E-state index in [4.69, 9.17) is 5.11 Å². The summed E-state index contributed by atoms with van der Waals surface area (Å²) in [5.41, 5.74) is 3.26. The summed E-state index contributed by atoms with van der Waals surface area (Å²) in [6.07, 6.45) is 5.93. The molecule has 0 spiro atoms. The number of carboxylic acids is 1. The van der Waals surface area contributed by atoms with Crippen LogP contribution in [0.2, 0.25) is 0 Å². The van der Waals surface area contributed by atoms with Crippen LogP contribution in [-0.2, 0) is 24.1 Å². The molecule has 0 fully saturated rings. The Balaban J connectivity index is 2.40. The average molecular weight is 313 g/mol. The molecule has 1 aliphatic rings. The minimum absolute atomic E-state index is 0.0659. The second-order valence-corrected chi connectivity index (χ2v) is 5.63. The summed E-state index contributed by atoms with van der Waals surface area (Å²) in [5, 5.41) is 18.9. The fourth-order valence-electron chi connectivity index (χ4n) is 2.62. The quantitative estimate of drug-likeness (QED) is 0.841. The van der Waals surface area contributed by atoms with Crippen molar-refractivity contribution in [1.82, 2.24) is 0 Å². The van der Waals surface area contributed by atoms with Gasteiger partial charge in [-0.3, -0.25) is 4.79 Å². The minimum Gasteiger partial charge on any atom is -0.506 e. The number of phenols is 1. The Labute approximate surface area is 115 Å². The number of carboxylic acid groups (broad SMARTS) is 1. The normalized spacial score (nSPS) is 14.9. The second kappa shape index (κ2) is 5.74. The zero-order valence-electron chi connectivity index (χ0n) is 10.2. The number of aliphatic carboxylic acids is 1. The Morgan fingerprint density at radius 1 is 1.28 bits per heavy atom. The van der Waals surface area contributed by atoms with Crippen LogP contribution in [0.3, 0.4) is 0 Å². The van der Waals surface area contributed by atoms with Crippen LogP contribution in [0.5, 0.6) is 5.75 Å². The maximum Gasteiger partial charge on any atom is 0.303 e. The molecular formula is C14H17BrO3. The highest BCUT2D eigenvalue weighted by Crippen LogP contribution is 2.36. The number of phenolic OH excluding ortho intramolecular Hbond substituents is 1. The standard InChI is InChI=1S/C14H17BrO3/c15-12-8-9-4-2-1-3-5-10(9)11(14(12)18)6-7-13(16)17/h8,18H,1-7H2,(H,16,17). The first kappa shape index (κ1) is 13.4. The van der Waals surface area contributed by atoms with Crippen molar-refractivity contribution in [2.45, 2.75) is 44.9 Å². The predicted molar refractivity (Wildman–Crippen MR) is 73.0 cm³/mol. The highest BCUT2D eigenvalue weighted by atomic mass is 79.9. The summed E-state index contributed by atoms with van der Waals surface area (Å²) < 4.78 is 0.684. The summed E-state index contributed by atoms with van der Waals surface area (Å²) in [6.45, 7) is 0. The third-order valence-electron chi connectivity index (χ3n) is 3.53. The van der Waals surface area contributed by atoms with Crippen LogP contribution in [0.1, 0.15) is 42.4 Å². The molecule has 1 aromatic rings. The highest BCUT2D eigenvalue weighted by molar-refractivity contribution is 9.10. The molecule has 0 bridgehead atoms. The maximum absolute atomic E-state index is 10.7. The molecule has 0 radical (unpaired) electrons. The van der Waals surface area contributed by atoms with Gasteiger partial charge in [-0.1, -0.05) is 6.42 Å². The molecule has 3 nitrogen and oxygen atoms in total. The Bertz CT molecular complexity index is 469. The summed E-state index contributed by atoms with van der Waals surface area (Å²) in [7, 11) is 0. The first-order chi connectivity index (χ1) is 8.59. The van der Waals surface area contributed by atoms with E-state index in [-0.39, 0.29) is 12.2 Å². The third kappa shape index (κ3) is 2.86. The van der Waals surface area contributed by atoms with E-state index >= 15 is 0 Å². The monoisotopic (exact) mass is 312 g/mol. The lowest BCUT2D eigenvalue weighted by Gasteiger charge is -2.15. The van der Waals surface area contributed by atoms with E-state index in [1.54, 1.807) is 0 Å². The Morgan fingerprint density at radius 3 is 2.72 bits per heavy atom. The number of hydrogen-bond acceptors (Lipinski definition) is 2. The van der Waals surface area contributed by atoms with Crippen LogP contribution in [0, 0.1) is 0 Å². The molecular weight excluding hydrogens is 296 g/mol. The van der Waals surface area contributed by atoms with Crippen LogP contribution in [0.4, 0.5) is 0 Å². The van der Waals surface area contributed by atoms with E-state index < -0.39 is 5.97 Å². The van der Waals surface area contributed by atoms with Gasteiger partial charge in [0.15, 0.2) is 0 Å². The van der Waals surface area contributed by atoms with Gasteiger partial charge in [0.1, 0.15) is 5.75 Å². The molecule has 0 saturated carbocycles. The van der Waals surface area contributed by atoms with Crippen molar-refractivity contribution in [3.8, 4) is 5.75 Å². The fourth-order valence-corrected chi connectivity index (χ4v) is 3.13. The van der Waals surface area contributed by atoms with Crippen LogP contribution in [0.25, 0.3) is 0 Å². The summed E-state index contributed by atoms with van der Waals surface area (Å²) in [5.74, 6) is -0.603. The van der Waals surface area contributed by atoms with E-state index in [2.05, 4.69) is 15.9 Å². The van der Waals surface area contributed by atoms with E-state index in [0.29, 0.717) is 10.9 Å². The maximum atomic E-state index is 10.7. The third-order valence-corrected chi connectivity index (χ3v) is 4.13. The Hall–Kier alpha value is -1.03. The molecule has 1 aromatic carbocycles. The van der Waals surface area contributed by atoms with Crippen LogP contribution >= 0.6 is 15.9 Å². The minimum atomic E-state index is -0.822. The van der Waals surface area contributed by atoms with Crippen molar-refractivity contribution in [3.63, 3.8) is 0 Å². The summed E-state index contributed by atoms with van der Waals surface area (Å²) >= 11 is 3.36. The zero-order valence-corrected chi connectivity index (χ0v) is 11.8. The van der Waals surface area contributed by atoms with Crippen molar-refractivity contribution in [1.29, 1.82) is 0 Å². The van der Waals surface area contributed by atoms with Crippen LogP contribution in [0.15, 0.2) is 10.5 Å². The van der Waals surface area contributed by atoms with E-state index in [9.17, 15) is 9.90 Å². The number of fused-ring (bicyclic) bond motifs is 1. The van der Waals surface area contributed by atoms with Gasteiger partial charge in [0.2, 0.25) is 0 Å². The lowest BCUT2D eigenvalue weighted by atomic mass is 9.93. The Morgan fingerprint density at radius 2 is 2.00 bits per heavy atom. The van der Waals surface area contributed by atoms with Gasteiger partial charge in [-0.15, -0.1) is 0 Å². The van der Waals surface area contributed by atoms with Gasteiger partial charge < -0.3 is 10.2 Å². The molecule has 2 rings (SSSR count). The highest BCUT2D eigenvalue weighted by Gasteiger charge is 2.18. The van der Waals surface area contributed by atoms with Crippen molar-refractivity contribution in [3.05, 3.63) is 27.2 Å². The largest absolute Gasteiger partial charge is 0.506 e. The second-order valence-electron chi connectivity index (χ2n) is 4.78. The Kier molecular flexibility index (Phi) is 4.27. The van der Waals surface area contributed by atoms with E-state index in [1.807, 2.05) is 6.07 Å². The predicted octanol–water partition coefficient (Wildman–Crippen LogP) is 3.44. The molecule has 4 heteroatoms. The van der Waals surface area contributed by atoms with Crippen LogP contribution < -0.4 is 0 Å². The van der Waals surface area contributed by atoms with Gasteiger partial charge in [0, 0.05) is 6.42 Å². The molecule has 0 unspecified atom stereocenters. The van der Waals surface area contributed by atoms with Crippen molar-refractivity contribution in [2.75, 3.05) is 0 Å². The molecule has 98 valence electrons. The molecule has 0 amide bonds. The average Bonchev–Trinajstić information content (AvgIpc) is 2.54. The lowest BCUT2D eigenvalue weighted by Crippen LogP contribution is -2.04. The van der Waals surface area contributed by atoms with Gasteiger partial charge in [0.05, 0.1) is 4.47 Å². The van der Waals surface area contributed by atoms with Gasteiger partial charge in [-0.25, -0.2) is 0 Å². The first-order valence-electron chi connectivity index (χ1n) is 6.33. The first-order valence-corrected chi connectivity index (χ1v) is 7.12. The lowest BCUT2D eigenvalue weighted by molar-refractivity contribution is -0.136. The molecule has 0 aliphatic heterocycles. The molecule has 1 aliphatic carbocycles. The number of aromatic hydroxyl groups is 1. The van der Waals surface area contributed by atoms with Crippen molar-refractivity contribution < 1.29 is 15.0 Å². The van der Waals surface area contributed by atoms with Gasteiger partial charge in [-0.2, -0.15) is 0 Å². The van der Waals surface area contributed by atoms with Crippen molar-refractivity contribution in [2.24, 2.45) is 0 Å². The number of rotatable bonds is 3. The number of carbonyl (C=O) groups is 1. The fraction of sp³-hybridized carbons (Fsp3) is 0.500. The molecule has 2 N–H and O–H groups in total. The smallest absolute Gasteiger partial charge is 0.303 e.